The Bertz CT molecular complexity index is 1070. The lowest BCUT2D eigenvalue weighted by Crippen LogP contribution is -2.47. The predicted molar refractivity (Wildman–Crippen MR) is 128 cm³/mol. The molecule has 4 atom stereocenters. The first-order valence-corrected chi connectivity index (χ1v) is 11.7. The van der Waals surface area contributed by atoms with Crippen LogP contribution in [0.3, 0.4) is 0 Å². The molecule has 7 nitrogen and oxygen atoms in total. The monoisotopic (exact) mass is 462 g/mol. The number of nitrogens with one attached hydrogen (secondary N) is 2. The van der Waals surface area contributed by atoms with E-state index >= 15 is 0 Å². The van der Waals surface area contributed by atoms with E-state index in [1.165, 1.54) is 0 Å². The molecule has 0 aliphatic heterocycles. The SMILES string of the molecule is CCC(C)[C@H](NC(=O)C1C=CC(NC(=O)OCC2c3ccccc3-c3ccccc32)C1)C(=O)O. The fourth-order valence-corrected chi connectivity index (χ4v) is 4.74. The molecular weight excluding hydrogens is 432 g/mol. The van der Waals surface area contributed by atoms with Crippen molar-refractivity contribution in [2.45, 2.75) is 44.7 Å². The van der Waals surface area contributed by atoms with E-state index in [0.29, 0.717) is 12.8 Å². The maximum Gasteiger partial charge on any atom is 0.407 e. The molecule has 0 fully saturated rings. The smallest absolute Gasteiger partial charge is 0.407 e. The molecule has 3 unspecified atom stereocenters. The molecule has 0 spiro atoms. The molecule has 2 aromatic carbocycles. The summed E-state index contributed by atoms with van der Waals surface area (Å²) in [5.74, 6) is -2.09. The number of alkyl carbamates (subject to hydrolysis) is 1. The Morgan fingerprint density at radius 3 is 2.24 bits per heavy atom. The molecule has 3 N–H and O–H groups in total. The van der Waals surface area contributed by atoms with E-state index in [2.05, 4.69) is 34.9 Å². The molecule has 178 valence electrons. The number of carboxylic acid groups (broad SMARTS) is 1. The van der Waals surface area contributed by atoms with Gasteiger partial charge in [-0.05, 0) is 34.6 Å². The van der Waals surface area contributed by atoms with Gasteiger partial charge < -0.3 is 20.5 Å². The maximum absolute atomic E-state index is 12.6. The highest BCUT2D eigenvalue weighted by Gasteiger charge is 2.32. The predicted octanol–water partition coefficient (Wildman–Crippen LogP) is 4.09. The van der Waals surface area contributed by atoms with Gasteiger partial charge in [-0.1, -0.05) is 81.0 Å². The van der Waals surface area contributed by atoms with Crippen molar-refractivity contribution in [1.82, 2.24) is 10.6 Å². The van der Waals surface area contributed by atoms with Gasteiger partial charge in [0.2, 0.25) is 5.91 Å². The van der Waals surface area contributed by atoms with Gasteiger partial charge in [-0.2, -0.15) is 0 Å². The highest BCUT2D eigenvalue weighted by Crippen LogP contribution is 2.44. The lowest BCUT2D eigenvalue weighted by molar-refractivity contribution is -0.143. The summed E-state index contributed by atoms with van der Waals surface area (Å²) in [5.41, 5.74) is 4.61. The van der Waals surface area contributed by atoms with Gasteiger partial charge in [0.1, 0.15) is 12.6 Å². The van der Waals surface area contributed by atoms with Gasteiger partial charge in [0.15, 0.2) is 0 Å². The van der Waals surface area contributed by atoms with Crippen LogP contribution >= 0.6 is 0 Å². The Hall–Kier alpha value is -3.61. The zero-order valence-corrected chi connectivity index (χ0v) is 19.4. The van der Waals surface area contributed by atoms with Gasteiger partial charge >= 0.3 is 12.1 Å². The van der Waals surface area contributed by atoms with E-state index < -0.39 is 24.0 Å². The highest BCUT2D eigenvalue weighted by atomic mass is 16.5. The van der Waals surface area contributed by atoms with E-state index in [0.717, 1.165) is 22.3 Å². The fraction of sp³-hybridized carbons (Fsp3) is 0.370. The lowest BCUT2D eigenvalue weighted by Gasteiger charge is -2.22. The van der Waals surface area contributed by atoms with Gasteiger partial charge in [0.25, 0.3) is 0 Å². The summed E-state index contributed by atoms with van der Waals surface area (Å²) in [6.07, 6.45) is 3.93. The third-order valence-electron chi connectivity index (χ3n) is 6.84. The van der Waals surface area contributed by atoms with Crippen molar-refractivity contribution in [2.75, 3.05) is 6.61 Å². The van der Waals surface area contributed by atoms with Crippen molar-refractivity contribution < 1.29 is 24.2 Å². The van der Waals surface area contributed by atoms with Gasteiger partial charge in [0.05, 0.1) is 12.0 Å². The molecule has 2 amide bonds. The van der Waals surface area contributed by atoms with Crippen molar-refractivity contribution in [3.63, 3.8) is 0 Å². The van der Waals surface area contributed by atoms with Crippen molar-refractivity contribution >= 4 is 18.0 Å². The van der Waals surface area contributed by atoms with Crippen LogP contribution in [0.4, 0.5) is 4.79 Å². The fourth-order valence-electron chi connectivity index (χ4n) is 4.74. The maximum atomic E-state index is 12.6. The van der Waals surface area contributed by atoms with Crippen LogP contribution in [-0.4, -0.2) is 41.8 Å². The minimum absolute atomic E-state index is 0.0238. The van der Waals surface area contributed by atoms with Crippen molar-refractivity contribution in [1.29, 1.82) is 0 Å². The van der Waals surface area contributed by atoms with Crippen molar-refractivity contribution in [2.24, 2.45) is 11.8 Å². The van der Waals surface area contributed by atoms with Crippen LogP contribution in [-0.2, 0) is 14.3 Å². The second-order valence-corrected chi connectivity index (χ2v) is 9.01. The number of hydrogen-bond acceptors (Lipinski definition) is 4. The first kappa shape index (κ1) is 23.5. The average molecular weight is 463 g/mol. The van der Waals surface area contributed by atoms with Crippen LogP contribution in [0.1, 0.15) is 43.7 Å². The Morgan fingerprint density at radius 1 is 1.03 bits per heavy atom. The van der Waals surface area contributed by atoms with Crippen LogP contribution in [0.5, 0.6) is 0 Å². The first-order chi connectivity index (χ1) is 16.4. The number of benzene rings is 2. The van der Waals surface area contributed by atoms with Gasteiger partial charge in [-0.25, -0.2) is 9.59 Å². The molecule has 34 heavy (non-hydrogen) atoms. The number of carboxylic acids is 1. The molecule has 4 rings (SSSR count). The number of fused-ring (bicyclic) bond motifs is 3. The Morgan fingerprint density at radius 2 is 1.65 bits per heavy atom. The molecule has 0 saturated carbocycles. The molecule has 0 saturated heterocycles. The quantitative estimate of drug-likeness (QED) is 0.513. The highest BCUT2D eigenvalue weighted by molar-refractivity contribution is 5.86. The normalized spacial score (nSPS) is 20.2. The van der Waals surface area contributed by atoms with Crippen LogP contribution in [0.25, 0.3) is 11.1 Å². The third-order valence-corrected chi connectivity index (χ3v) is 6.84. The zero-order chi connectivity index (χ0) is 24.2. The summed E-state index contributed by atoms with van der Waals surface area (Å²) in [7, 11) is 0. The van der Waals surface area contributed by atoms with Gasteiger partial charge in [-0.15, -0.1) is 0 Å². The Kier molecular flexibility index (Phi) is 7.01. The number of hydrogen-bond donors (Lipinski definition) is 3. The number of carbonyl (C=O) groups is 3. The van der Waals surface area contributed by atoms with Gasteiger partial charge in [-0.3, -0.25) is 4.79 Å². The van der Waals surface area contributed by atoms with E-state index in [4.69, 9.17) is 4.74 Å². The first-order valence-electron chi connectivity index (χ1n) is 11.7. The molecular formula is C27H30N2O5. The Balaban J connectivity index is 1.30. The van der Waals surface area contributed by atoms with Crippen LogP contribution in [0.15, 0.2) is 60.7 Å². The second kappa shape index (κ2) is 10.1. The molecule has 0 aromatic heterocycles. The molecule has 0 bridgehead atoms. The largest absolute Gasteiger partial charge is 0.480 e. The van der Waals surface area contributed by atoms with E-state index in [1.807, 2.05) is 31.2 Å². The summed E-state index contributed by atoms with van der Waals surface area (Å²) in [6, 6.07) is 15.0. The van der Waals surface area contributed by atoms with Crippen LogP contribution < -0.4 is 10.6 Å². The van der Waals surface area contributed by atoms with Crippen LogP contribution in [0.2, 0.25) is 0 Å². The molecule has 2 aliphatic rings. The summed E-state index contributed by atoms with van der Waals surface area (Å²) in [5, 5.41) is 14.8. The van der Waals surface area contributed by atoms with Crippen molar-refractivity contribution in [3.8, 4) is 11.1 Å². The minimum Gasteiger partial charge on any atom is -0.480 e. The molecule has 0 heterocycles. The third kappa shape index (κ3) is 4.83. The number of ether oxygens (including phenoxy) is 1. The van der Waals surface area contributed by atoms with Crippen molar-refractivity contribution in [3.05, 3.63) is 71.8 Å². The standard InChI is InChI=1S/C27H30N2O5/c1-3-16(2)24(26(31)32)29-25(30)17-12-13-18(14-17)28-27(33)34-15-23-21-10-6-4-8-19(21)20-9-5-7-11-22(20)23/h4-13,16-18,23-24H,3,14-15H2,1-2H3,(H,28,33)(H,29,30)(H,31,32)/t16?,17?,18?,24-/m0/s1. The molecule has 0 radical (unpaired) electrons. The topological polar surface area (TPSA) is 105 Å². The number of rotatable bonds is 8. The number of amides is 2. The summed E-state index contributed by atoms with van der Waals surface area (Å²) in [6.45, 7) is 3.90. The number of carbonyl (C=O) groups excluding carboxylic acids is 2. The average Bonchev–Trinajstić information content (AvgIpc) is 3.43. The zero-order valence-electron chi connectivity index (χ0n) is 19.4. The van der Waals surface area contributed by atoms with E-state index in [1.54, 1.807) is 19.1 Å². The summed E-state index contributed by atoms with van der Waals surface area (Å²) in [4.78, 5) is 36.6. The van der Waals surface area contributed by atoms with Gasteiger partial charge in [0, 0.05) is 5.92 Å². The molecule has 2 aromatic rings. The second-order valence-electron chi connectivity index (χ2n) is 9.01. The van der Waals surface area contributed by atoms with E-state index in [9.17, 15) is 19.5 Å². The van der Waals surface area contributed by atoms with E-state index in [-0.39, 0.29) is 30.4 Å². The minimum atomic E-state index is -1.04. The van der Waals surface area contributed by atoms with Crippen LogP contribution in [0, 0.1) is 11.8 Å². The number of aliphatic carboxylic acids is 1. The summed E-state index contributed by atoms with van der Waals surface area (Å²) < 4.78 is 5.58. The Labute approximate surface area is 199 Å². The lowest BCUT2D eigenvalue weighted by atomic mass is 9.98. The summed E-state index contributed by atoms with van der Waals surface area (Å²) >= 11 is 0. The molecule has 7 heteroatoms. The molecule has 2 aliphatic carbocycles.